The molecule has 0 bridgehead atoms. The molecule has 0 saturated heterocycles. The molecule has 2 aliphatic carbocycles. The van der Waals surface area contributed by atoms with E-state index in [0.717, 1.165) is 6.42 Å². The summed E-state index contributed by atoms with van der Waals surface area (Å²) in [5.74, 6) is 0.587. The number of allylic oxidation sites excluding steroid dienone is 4. The summed E-state index contributed by atoms with van der Waals surface area (Å²) in [6.07, 6.45) is 10.3. The molecule has 2 aliphatic rings. The number of halogens is 2. The summed E-state index contributed by atoms with van der Waals surface area (Å²) >= 11 is -2.55. The molecule has 0 N–H and O–H groups in total. The molecule has 0 aliphatic heterocycles. The Morgan fingerprint density at radius 2 is 1.17 bits per heavy atom. The third kappa shape index (κ3) is 8.64. The molecule has 0 nitrogen and oxygen atoms in total. The van der Waals surface area contributed by atoms with E-state index in [1.165, 1.54) is 36.0 Å². The summed E-state index contributed by atoms with van der Waals surface area (Å²) in [4.78, 5) is 0. The molecular weight excluding hydrogens is 703 g/mol. The van der Waals surface area contributed by atoms with Crippen molar-refractivity contribution in [1.29, 1.82) is 0 Å². The van der Waals surface area contributed by atoms with Gasteiger partial charge in [-0.05, 0) is 0 Å². The largest absolute Gasteiger partial charge is 1.00 e. The third-order valence-corrected chi connectivity index (χ3v) is 18.1. The second kappa shape index (κ2) is 14.7. The predicted octanol–water partition coefficient (Wildman–Crippen LogP) is 6.59. The van der Waals surface area contributed by atoms with Gasteiger partial charge in [0.1, 0.15) is 0 Å². The van der Waals surface area contributed by atoms with Gasteiger partial charge in [-0.15, -0.1) is 0 Å². The number of unbranched alkanes of at least 4 members (excludes halogenated alkanes) is 1. The number of rotatable bonds is 5. The fourth-order valence-corrected chi connectivity index (χ4v) is 16.7. The average molecular weight is 771 g/mol. The first-order valence-electron chi connectivity index (χ1n) is 18.3. The second-order valence-electron chi connectivity index (χ2n) is 20.0. The van der Waals surface area contributed by atoms with Crippen LogP contribution in [0.1, 0.15) is 177 Å². The van der Waals surface area contributed by atoms with E-state index < -0.39 is 21.3 Å². The topological polar surface area (TPSA) is 0 Å². The monoisotopic (exact) mass is 768 g/mol. The minimum Gasteiger partial charge on any atom is -1.00 e. The third-order valence-electron chi connectivity index (χ3n) is 10.4. The van der Waals surface area contributed by atoms with Gasteiger partial charge in [-0.1, -0.05) is 0 Å². The van der Waals surface area contributed by atoms with Crippen molar-refractivity contribution in [2.45, 2.75) is 172 Å². The van der Waals surface area contributed by atoms with Crippen molar-refractivity contribution >= 4 is 6.48 Å². The Bertz CT molecular complexity index is 1610. The van der Waals surface area contributed by atoms with E-state index in [0.29, 0.717) is 5.92 Å². The van der Waals surface area contributed by atoms with Crippen molar-refractivity contribution in [3.8, 4) is 11.1 Å². The van der Waals surface area contributed by atoms with Crippen molar-refractivity contribution in [2.24, 2.45) is 11.3 Å². The zero-order valence-corrected chi connectivity index (χ0v) is 38.0. The van der Waals surface area contributed by atoms with E-state index in [9.17, 15) is 0 Å². The van der Waals surface area contributed by atoms with Gasteiger partial charge in [0.25, 0.3) is 0 Å². The van der Waals surface area contributed by atoms with Crippen LogP contribution in [0.25, 0.3) is 11.1 Å². The number of hydrogen-bond acceptors (Lipinski definition) is 0. The van der Waals surface area contributed by atoms with Crippen LogP contribution in [0.3, 0.4) is 0 Å². The van der Waals surface area contributed by atoms with Crippen molar-refractivity contribution < 1.29 is 46.1 Å². The molecule has 0 aromatic heterocycles. The molecule has 0 fully saturated rings. The maximum absolute atomic E-state index is 2.72. The zero-order chi connectivity index (χ0) is 34.9. The maximum Gasteiger partial charge on any atom is -1.00 e. The van der Waals surface area contributed by atoms with Crippen LogP contribution in [-0.2, 0) is 49.3 Å². The summed E-state index contributed by atoms with van der Waals surface area (Å²) in [6, 6.07) is 7.91. The standard InChI is InChI=1S/C29H41.C13H21.C3H6.2ClH.Zr/c1-26(2,3)22-14-18-13-19-15-23(27(4,5)6)25(29(10,11)12)17-21(19)20(18)16-24(22)28(7,8)9;1-5-6-7-11-8-9-12(10-11)13(2,3)4;1-3-2;;;/h14,16-17H,13H2,1-12H3;9-11H,5-7H2,1-4H3;1-2H3;2*1H;/q;;;;;+2/p-2. The molecule has 2 aromatic carbocycles. The van der Waals surface area contributed by atoms with Crippen LogP contribution in [-0.4, -0.2) is 3.21 Å². The molecule has 3 heteroatoms. The summed E-state index contributed by atoms with van der Waals surface area (Å²) in [6.45, 7) is 43.8. The van der Waals surface area contributed by atoms with E-state index in [1.54, 1.807) is 36.6 Å². The van der Waals surface area contributed by atoms with Crippen molar-refractivity contribution in [3.05, 3.63) is 72.6 Å². The van der Waals surface area contributed by atoms with Crippen LogP contribution in [0.4, 0.5) is 0 Å². The Morgan fingerprint density at radius 3 is 1.60 bits per heavy atom. The fraction of sp³-hybridized carbons (Fsp3) is 0.622. The minimum atomic E-state index is -2.55. The van der Waals surface area contributed by atoms with Crippen LogP contribution >= 0.6 is 0 Å². The van der Waals surface area contributed by atoms with Gasteiger partial charge in [-0.3, -0.25) is 0 Å². The van der Waals surface area contributed by atoms with Gasteiger partial charge >= 0.3 is 295 Å². The molecule has 0 heterocycles. The quantitative estimate of drug-likeness (QED) is 0.275. The van der Waals surface area contributed by atoms with Crippen LogP contribution in [0.5, 0.6) is 0 Å². The van der Waals surface area contributed by atoms with E-state index >= 15 is 0 Å². The van der Waals surface area contributed by atoms with Gasteiger partial charge in [0, 0.05) is 0 Å². The molecule has 2 aromatic rings. The Labute approximate surface area is 317 Å². The smallest absolute Gasteiger partial charge is 1.00 e. The summed E-state index contributed by atoms with van der Waals surface area (Å²) < 4.78 is 5.37. The summed E-state index contributed by atoms with van der Waals surface area (Å²) in [5, 5.41) is 0. The van der Waals surface area contributed by atoms with Crippen molar-refractivity contribution in [2.75, 3.05) is 0 Å². The first-order valence-corrected chi connectivity index (χ1v) is 22.0. The fourth-order valence-electron chi connectivity index (χ4n) is 7.97. The Kier molecular flexibility index (Phi) is 13.3. The predicted molar refractivity (Wildman–Crippen MR) is 204 cm³/mol. The number of hydrogen-bond donors (Lipinski definition) is 0. The van der Waals surface area contributed by atoms with Gasteiger partial charge in [-0.2, -0.15) is 0 Å². The van der Waals surface area contributed by atoms with E-state index in [2.05, 4.69) is 155 Å². The summed E-state index contributed by atoms with van der Waals surface area (Å²) in [7, 11) is 0. The van der Waals surface area contributed by atoms with Gasteiger partial charge in [0.15, 0.2) is 0 Å². The van der Waals surface area contributed by atoms with Crippen LogP contribution < -0.4 is 28.1 Å². The Balaban J connectivity index is 0.00000400. The number of fused-ring (bicyclic) bond motifs is 3. The van der Waals surface area contributed by atoms with Crippen molar-refractivity contribution in [3.63, 3.8) is 0 Å². The van der Waals surface area contributed by atoms with Gasteiger partial charge < -0.3 is 24.8 Å². The second-order valence-corrected chi connectivity index (χ2v) is 27.0. The molecule has 1 atom stereocenters. The number of benzene rings is 2. The molecule has 48 heavy (non-hydrogen) atoms. The van der Waals surface area contributed by atoms with Gasteiger partial charge in [0.05, 0.1) is 0 Å². The maximum atomic E-state index is 2.72. The van der Waals surface area contributed by atoms with E-state index in [4.69, 9.17) is 0 Å². The molecular formula is C45H68Cl2Zr. The first-order chi connectivity index (χ1) is 20.8. The molecule has 0 radical (unpaired) electrons. The van der Waals surface area contributed by atoms with E-state index in [1.807, 2.05) is 6.55 Å². The molecule has 0 spiro atoms. The molecule has 0 amide bonds. The van der Waals surface area contributed by atoms with E-state index in [-0.39, 0.29) is 51.9 Å². The molecule has 266 valence electrons. The molecule has 1 unspecified atom stereocenters. The minimum absolute atomic E-state index is 0. The molecule has 4 rings (SSSR count). The first kappa shape index (κ1) is 43.4. The Hall–Kier alpha value is -0.747. The van der Waals surface area contributed by atoms with Crippen LogP contribution in [0, 0.1) is 11.3 Å². The van der Waals surface area contributed by atoms with Crippen LogP contribution in [0.2, 0.25) is 0 Å². The van der Waals surface area contributed by atoms with Gasteiger partial charge in [-0.25, -0.2) is 0 Å². The Morgan fingerprint density at radius 1 is 0.667 bits per heavy atom. The summed E-state index contributed by atoms with van der Waals surface area (Å²) in [5.41, 5.74) is 14.6. The average Bonchev–Trinajstić information content (AvgIpc) is 3.45. The van der Waals surface area contributed by atoms with Gasteiger partial charge in [0.2, 0.25) is 0 Å². The van der Waals surface area contributed by atoms with Crippen molar-refractivity contribution in [1.82, 2.24) is 0 Å². The zero-order valence-electron chi connectivity index (χ0n) is 34.0. The van der Waals surface area contributed by atoms with Crippen LogP contribution in [0.15, 0.2) is 39.2 Å². The normalized spacial score (nSPS) is 16.2. The SMILES string of the molecule is CCCCC1C=C(C(C)(C)C)C=[C]1[Zr+2](=[C](C)C)[c]1c2c(cc(C(C)(C)C)c1C(C)(C)C)-c1cc(C(C)(C)C)c(C(C)(C)C)cc1C2.[Cl-].[Cl-]. The molecule has 0 saturated carbocycles.